The lowest BCUT2D eigenvalue weighted by molar-refractivity contribution is 1.11. The molecule has 4 nitrogen and oxygen atoms in total. The number of pyridine rings is 1. The van der Waals surface area contributed by atoms with Crippen LogP contribution in [0.1, 0.15) is 5.69 Å². The van der Waals surface area contributed by atoms with E-state index in [2.05, 4.69) is 9.50 Å². The molecule has 1 rings (SSSR count). The van der Waals surface area contributed by atoms with Crippen LogP contribution in [0.5, 0.6) is 0 Å². The molecule has 0 aromatic carbocycles. The Hall–Kier alpha value is -1.29. The van der Waals surface area contributed by atoms with E-state index in [0.29, 0.717) is 5.69 Å². The largest absolute Gasteiger partial charge is 0.381 e. The summed E-state index contributed by atoms with van der Waals surface area (Å²) in [5.41, 5.74) is 7.05. The Morgan fingerprint density at radius 3 is 2.62 bits per heavy atom. The molecule has 0 saturated heterocycles. The van der Waals surface area contributed by atoms with Crippen LogP contribution >= 0.6 is 11.8 Å². The summed E-state index contributed by atoms with van der Waals surface area (Å²) >= 11 is 5.20. The second-order valence-corrected chi connectivity index (χ2v) is 2.93. The third-order valence-corrected chi connectivity index (χ3v) is 1.80. The highest BCUT2D eigenvalue weighted by Crippen LogP contribution is 2.08. The number of rotatable bonds is 2. The molecular formula is C8H11ClN4. The van der Waals surface area contributed by atoms with Gasteiger partial charge in [-0.1, -0.05) is 0 Å². The summed E-state index contributed by atoms with van der Waals surface area (Å²) < 4.78 is 3.32. The minimum Gasteiger partial charge on any atom is -0.381 e. The van der Waals surface area contributed by atoms with Crippen LogP contribution in [0.4, 0.5) is 5.69 Å². The highest BCUT2D eigenvalue weighted by atomic mass is 35.5. The Balaban J connectivity index is 2.94. The predicted molar refractivity (Wildman–Crippen MR) is 55.1 cm³/mol. The van der Waals surface area contributed by atoms with Crippen LogP contribution in [-0.4, -0.2) is 24.9 Å². The lowest BCUT2D eigenvalue weighted by atomic mass is 10.3. The Morgan fingerprint density at radius 1 is 1.54 bits per heavy atom. The van der Waals surface area contributed by atoms with Gasteiger partial charge in [0.25, 0.3) is 0 Å². The monoisotopic (exact) mass is 198 g/mol. The van der Waals surface area contributed by atoms with Gasteiger partial charge < -0.3 is 10.6 Å². The van der Waals surface area contributed by atoms with Gasteiger partial charge >= 0.3 is 0 Å². The molecule has 1 aromatic heterocycles. The van der Waals surface area contributed by atoms with Crippen molar-refractivity contribution in [3.63, 3.8) is 0 Å². The number of anilines is 1. The van der Waals surface area contributed by atoms with Gasteiger partial charge in [0, 0.05) is 25.9 Å². The van der Waals surface area contributed by atoms with Crippen LogP contribution in [0.3, 0.4) is 0 Å². The molecular weight excluding hydrogens is 188 g/mol. The first-order chi connectivity index (χ1) is 6.15. The maximum absolute atomic E-state index is 5.46. The molecule has 70 valence electrons. The molecule has 0 saturated carbocycles. The zero-order chi connectivity index (χ0) is 9.84. The first-order valence-electron chi connectivity index (χ1n) is 3.73. The molecule has 0 aliphatic rings. The standard InChI is InChI=1S/C8H11ClN4/c1-13(2)6-3-4-7(11-5-6)8(10)12-9/h3-5H,1-2H3,(H2,10,12). The van der Waals surface area contributed by atoms with Crippen LogP contribution in [0.25, 0.3) is 0 Å². The second-order valence-electron chi connectivity index (χ2n) is 2.77. The van der Waals surface area contributed by atoms with Crippen molar-refractivity contribution in [1.29, 1.82) is 0 Å². The highest BCUT2D eigenvalue weighted by molar-refractivity contribution is 6.21. The van der Waals surface area contributed by atoms with Gasteiger partial charge in [-0.05, 0) is 12.1 Å². The lowest BCUT2D eigenvalue weighted by Gasteiger charge is -2.11. The van der Waals surface area contributed by atoms with Gasteiger partial charge in [-0.15, -0.1) is 0 Å². The number of nitrogens with two attached hydrogens (primary N) is 1. The number of halogens is 1. The summed E-state index contributed by atoms with van der Waals surface area (Å²) in [6, 6.07) is 3.67. The van der Waals surface area contributed by atoms with E-state index in [9.17, 15) is 0 Å². The quantitative estimate of drug-likeness (QED) is 0.570. The SMILES string of the molecule is CN(C)c1ccc(C(N)=NCl)nc1. The topological polar surface area (TPSA) is 54.5 Å². The average Bonchev–Trinajstić information content (AvgIpc) is 2.17. The molecule has 13 heavy (non-hydrogen) atoms. The van der Waals surface area contributed by atoms with Crippen molar-refractivity contribution in [1.82, 2.24) is 4.98 Å². The normalized spacial score (nSPS) is 11.5. The van der Waals surface area contributed by atoms with Gasteiger partial charge in [-0.3, -0.25) is 4.98 Å². The first-order valence-corrected chi connectivity index (χ1v) is 4.07. The molecule has 0 atom stereocenters. The van der Waals surface area contributed by atoms with Gasteiger partial charge in [0.05, 0.1) is 11.9 Å². The van der Waals surface area contributed by atoms with Crippen LogP contribution in [0, 0.1) is 0 Å². The zero-order valence-corrected chi connectivity index (χ0v) is 8.28. The smallest absolute Gasteiger partial charge is 0.163 e. The summed E-state index contributed by atoms with van der Waals surface area (Å²) in [5.74, 6) is 0.229. The maximum atomic E-state index is 5.46. The molecule has 0 aliphatic heterocycles. The Labute approximate surface area is 82.2 Å². The average molecular weight is 199 g/mol. The van der Waals surface area contributed by atoms with Gasteiger partial charge in [-0.2, -0.15) is 4.51 Å². The molecule has 0 radical (unpaired) electrons. The highest BCUT2D eigenvalue weighted by Gasteiger charge is 2.00. The van der Waals surface area contributed by atoms with E-state index in [1.165, 1.54) is 0 Å². The maximum Gasteiger partial charge on any atom is 0.163 e. The second kappa shape index (κ2) is 4.09. The predicted octanol–water partition coefficient (Wildman–Crippen LogP) is 1.01. The van der Waals surface area contributed by atoms with Crippen molar-refractivity contribution in [2.45, 2.75) is 0 Å². The van der Waals surface area contributed by atoms with Gasteiger partial charge in [0.15, 0.2) is 5.84 Å². The minimum absolute atomic E-state index is 0.229. The van der Waals surface area contributed by atoms with E-state index < -0.39 is 0 Å². The molecule has 0 amide bonds. The molecule has 1 heterocycles. The van der Waals surface area contributed by atoms with E-state index in [0.717, 1.165) is 5.69 Å². The number of nitrogens with zero attached hydrogens (tertiary/aromatic N) is 3. The van der Waals surface area contributed by atoms with Crippen molar-refractivity contribution in [3.05, 3.63) is 24.0 Å². The molecule has 0 unspecified atom stereocenters. The van der Waals surface area contributed by atoms with Gasteiger partial charge in [-0.25, -0.2) is 0 Å². The third kappa shape index (κ3) is 2.32. The summed E-state index contributed by atoms with van der Waals surface area (Å²) in [6.07, 6.45) is 1.71. The fourth-order valence-electron chi connectivity index (χ4n) is 0.845. The minimum atomic E-state index is 0.229. The van der Waals surface area contributed by atoms with E-state index >= 15 is 0 Å². The van der Waals surface area contributed by atoms with Crippen LogP contribution < -0.4 is 10.6 Å². The van der Waals surface area contributed by atoms with Gasteiger partial charge in [0.1, 0.15) is 5.69 Å². The molecule has 0 fully saturated rings. The molecule has 0 aliphatic carbocycles. The Kier molecular flexibility index (Phi) is 3.08. The number of hydrogen-bond acceptors (Lipinski definition) is 3. The van der Waals surface area contributed by atoms with E-state index in [-0.39, 0.29) is 5.84 Å². The molecule has 2 N–H and O–H groups in total. The Morgan fingerprint density at radius 2 is 2.23 bits per heavy atom. The van der Waals surface area contributed by atoms with Crippen molar-refractivity contribution >= 4 is 23.3 Å². The van der Waals surface area contributed by atoms with Crippen molar-refractivity contribution in [2.24, 2.45) is 10.2 Å². The van der Waals surface area contributed by atoms with Crippen molar-refractivity contribution in [2.75, 3.05) is 19.0 Å². The van der Waals surface area contributed by atoms with Crippen LogP contribution in [-0.2, 0) is 0 Å². The summed E-state index contributed by atoms with van der Waals surface area (Å²) in [7, 11) is 3.88. The van der Waals surface area contributed by atoms with Crippen LogP contribution in [0.2, 0.25) is 0 Å². The molecule has 1 aromatic rings. The summed E-state index contributed by atoms with van der Waals surface area (Å²) in [6.45, 7) is 0. The summed E-state index contributed by atoms with van der Waals surface area (Å²) in [4.78, 5) is 6.04. The third-order valence-electron chi connectivity index (χ3n) is 1.62. The van der Waals surface area contributed by atoms with Crippen molar-refractivity contribution in [3.8, 4) is 0 Å². The summed E-state index contributed by atoms with van der Waals surface area (Å²) in [5, 5.41) is 0. The molecule has 0 bridgehead atoms. The zero-order valence-electron chi connectivity index (χ0n) is 7.53. The van der Waals surface area contributed by atoms with E-state index in [1.807, 2.05) is 25.1 Å². The number of amidine groups is 1. The number of aromatic nitrogens is 1. The van der Waals surface area contributed by atoms with E-state index in [1.54, 1.807) is 12.3 Å². The van der Waals surface area contributed by atoms with E-state index in [4.69, 9.17) is 17.5 Å². The fourth-order valence-corrected chi connectivity index (χ4v) is 0.932. The van der Waals surface area contributed by atoms with Crippen LogP contribution in [0.15, 0.2) is 22.8 Å². The molecule has 5 heteroatoms. The fraction of sp³-hybridized carbons (Fsp3) is 0.250. The Bertz CT molecular complexity index is 304. The molecule has 0 spiro atoms. The van der Waals surface area contributed by atoms with Gasteiger partial charge in [0.2, 0.25) is 0 Å². The lowest BCUT2D eigenvalue weighted by Crippen LogP contribution is -2.15. The van der Waals surface area contributed by atoms with Crippen molar-refractivity contribution < 1.29 is 0 Å². The number of hydrogen-bond donors (Lipinski definition) is 1. The first kappa shape index (κ1) is 9.80.